The molecule has 0 saturated heterocycles. The fraction of sp³-hybridized carbons (Fsp3) is 0. The number of benzene rings is 2. The highest BCUT2D eigenvalue weighted by molar-refractivity contribution is 7.99. The molecule has 78 valence electrons. The zero-order chi connectivity index (χ0) is 11.0. The van der Waals surface area contributed by atoms with Crippen molar-refractivity contribution in [2.75, 3.05) is 0 Å². The van der Waals surface area contributed by atoms with Crippen molar-refractivity contribution in [1.82, 2.24) is 0 Å². The number of rotatable bonds is 0. The Balaban J connectivity index is 2.18. The normalized spacial score (nSPS) is 13.4. The summed E-state index contributed by atoms with van der Waals surface area (Å²) in [5.41, 5.74) is 1.07. The van der Waals surface area contributed by atoms with E-state index in [1.54, 1.807) is 11.8 Å². The highest BCUT2D eigenvalue weighted by atomic mass is 32.2. The minimum absolute atomic E-state index is 0.716. The van der Waals surface area contributed by atoms with Crippen LogP contribution in [0.4, 0.5) is 0 Å². The number of hydrogen-bond acceptors (Lipinski definition) is 2. The fourth-order valence-corrected chi connectivity index (χ4v) is 2.74. The third-order valence-corrected chi connectivity index (χ3v) is 3.62. The van der Waals surface area contributed by atoms with Crippen LogP contribution in [0, 0.1) is 0 Å². The molecule has 16 heavy (non-hydrogen) atoms. The van der Waals surface area contributed by atoms with E-state index in [2.05, 4.69) is 18.7 Å². The summed E-state index contributed by atoms with van der Waals surface area (Å²) in [7, 11) is 0. The van der Waals surface area contributed by atoms with Gasteiger partial charge in [-0.25, -0.2) is 0 Å². The van der Waals surface area contributed by atoms with Gasteiger partial charge in [0, 0.05) is 10.5 Å². The van der Waals surface area contributed by atoms with E-state index in [0.29, 0.717) is 5.76 Å². The van der Waals surface area contributed by atoms with Crippen molar-refractivity contribution in [2.24, 2.45) is 0 Å². The third-order valence-electron chi connectivity index (χ3n) is 2.49. The van der Waals surface area contributed by atoms with Crippen molar-refractivity contribution in [1.29, 1.82) is 0 Å². The monoisotopic (exact) mass is 226 g/mol. The quantitative estimate of drug-likeness (QED) is 0.665. The number of para-hydroxylation sites is 1. The largest absolute Gasteiger partial charge is 0.456 e. The molecule has 0 aliphatic carbocycles. The van der Waals surface area contributed by atoms with Gasteiger partial charge in [-0.3, -0.25) is 0 Å². The van der Waals surface area contributed by atoms with E-state index in [1.165, 1.54) is 4.90 Å². The Bertz CT molecular complexity index is 560. The SMILES string of the molecule is C=C1Oc2ccccc2Sc2ccccc21. The maximum absolute atomic E-state index is 5.77. The van der Waals surface area contributed by atoms with Gasteiger partial charge in [-0.15, -0.1) is 0 Å². The lowest BCUT2D eigenvalue weighted by Gasteiger charge is -2.06. The molecule has 0 atom stereocenters. The fourth-order valence-electron chi connectivity index (χ4n) is 1.71. The molecule has 2 aromatic carbocycles. The summed E-state index contributed by atoms with van der Waals surface area (Å²) in [6, 6.07) is 16.2. The highest BCUT2D eigenvalue weighted by Crippen LogP contribution is 2.42. The third kappa shape index (κ3) is 1.51. The van der Waals surface area contributed by atoms with Crippen LogP contribution in [0.25, 0.3) is 5.76 Å². The minimum atomic E-state index is 0.716. The first kappa shape index (κ1) is 9.55. The van der Waals surface area contributed by atoms with Crippen molar-refractivity contribution in [3.63, 3.8) is 0 Å². The lowest BCUT2D eigenvalue weighted by molar-refractivity contribution is 0.505. The molecule has 1 aliphatic heterocycles. The van der Waals surface area contributed by atoms with Crippen molar-refractivity contribution in [2.45, 2.75) is 9.79 Å². The lowest BCUT2D eigenvalue weighted by atomic mass is 10.2. The van der Waals surface area contributed by atoms with E-state index in [-0.39, 0.29) is 0 Å². The van der Waals surface area contributed by atoms with Gasteiger partial charge >= 0.3 is 0 Å². The molecule has 2 aromatic rings. The van der Waals surface area contributed by atoms with Crippen molar-refractivity contribution < 1.29 is 4.74 Å². The summed E-state index contributed by atoms with van der Waals surface area (Å²) in [5.74, 6) is 1.60. The first-order chi connectivity index (χ1) is 7.84. The van der Waals surface area contributed by atoms with Crippen LogP contribution >= 0.6 is 11.8 Å². The average Bonchev–Trinajstić information content (AvgIpc) is 2.45. The van der Waals surface area contributed by atoms with E-state index in [0.717, 1.165) is 16.2 Å². The van der Waals surface area contributed by atoms with Gasteiger partial charge in [0.15, 0.2) is 0 Å². The zero-order valence-electron chi connectivity index (χ0n) is 8.64. The van der Waals surface area contributed by atoms with Crippen LogP contribution in [-0.2, 0) is 0 Å². The molecule has 2 heteroatoms. The van der Waals surface area contributed by atoms with Gasteiger partial charge in [0.25, 0.3) is 0 Å². The van der Waals surface area contributed by atoms with Crippen molar-refractivity contribution >= 4 is 17.5 Å². The van der Waals surface area contributed by atoms with E-state index < -0.39 is 0 Å². The second kappa shape index (κ2) is 3.72. The van der Waals surface area contributed by atoms with E-state index >= 15 is 0 Å². The molecule has 0 amide bonds. The molecule has 1 nitrogen and oxygen atoms in total. The average molecular weight is 226 g/mol. The Kier molecular flexibility index (Phi) is 2.22. The van der Waals surface area contributed by atoms with Crippen LogP contribution in [0.1, 0.15) is 5.56 Å². The Morgan fingerprint density at radius 2 is 1.56 bits per heavy atom. The Morgan fingerprint density at radius 1 is 0.875 bits per heavy atom. The predicted octanol–water partition coefficient (Wildman–Crippen LogP) is 4.20. The van der Waals surface area contributed by atoms with E-state index in [9.17, 15) is 0 Å². The summed E-state index contributed by atoms with van der Waals surface area (Å²) >= 11 is 1.72. The molecule has 1 aliphatic rings. The molecule has 0 N–H and O–H groups in total. The topological polar surface area (TPSA) is 9.23 Å². The Labute approximate surface area is 98.8 Å². The van der Waals surface area contributed by atoms with Gasteiger partial charge in [0.1, 0.15) is 11.5 Å². The molecule has 0 radical (unpaired) electrons. The van der Waals surface area contributed by atoms with Gasteiger partial charge in [0.2, 0.25) is 0 Å². The van der Waals surface area contributed by atoms with Crippen LogP contribution in [0.5, 0.6) is 5.75 Å². The summed E-state index contributed by atoms with van der Waals surface area (Å²) in [4.78, 5) is 2.33. The van der Waals surface area contributed by atoms with Crippen LogP contribution in [0.2, 0.25) is 0 Å². The predicted molar refractivity (Wildman–Crippen MR) is 66.7 cm³/mol. The van der Waals surface area contributed by atoms with Crippen LogP contribution < -0.4 is 4.74 Å². The van der Waals surface area contributed by atoms with Gasteiger partial charge in [0.05, 0.1) is 4.90 Å². The smallest absolute Gasteiger partial charge is 0.141 e. The highest BCUT2D eigenvalue weighted by Gasteiger charge is 2.16. The van der Waals surface area contributed by atoms with Crippen LogP contribution in [0.15, 0.2) is 64.9 Å². The van der Waals surface area contributed by atoms with E-state index in [1.807, 2.05) is 36.4 Å². The molecule has 0 bridgehead atoms. The molecular weight excluding hydrogens is 216 g/mol. The van der Waals surface area contributed by atoms with Gasteiger partial charge in [-0.2, -0.15) is 0 Å². The van der Waals surface area contributed by atoms with E-state index in [4.69, 9.17) is 4.74 Å². The Morgan fingerprint density at radius 3 is 2.44 bits per heavy atom. The van der Waals surface area contributed by atoms with Crippen LogP contribution in [-0.4, -0.2) is 0 Å². The maximum atomic E-state index is 5.77. The van der Waals surface area contributed by atoms with Crippen molar-refractivity contribution in [3.8, 4) is 5.75 Å². The first-order valence-corrected chi connectivity index (χ1v) is 5.89. The van der Waals surface area contributed by atoms with Crippen LogP contribution in [0.3, 0.4) is 0 Å². The molecule has 0 spiro atoms. The number of ether oxygens (including phenoxy) is 1. The zero-order valence-corrected chi connectivity index (χ0v) is 9.46. The van der Waals surface area contributed by atoms with Gasteiger partial charge in [-0.05, 0) is 18.2 Å². The number of fused-ring (bicyclic) bond motifs is 2. The maximum Gasteiger partial charge on any atom is 0.141 e. The summed E-state index contributed by atoms with van der Waals surface area (Å²) in [5, 5.41) is 0. The summed E-state index contributed by atoms with van der Waals surface area (Å²) in [6.07, 6.45) is 0. The van der Waals surface area contributed by atoms with Gasteiger partial charge < -0.3 is 4.74 Å². The standard InChI is InChI=1S/C14H10OS/c1-10-11-6-2-4-8-13(11)16-14-9-5-3-7-12(14)15-10/h2-9H,1H2. The van der Waals surface area contributed by atoms with Gasteiger partial charge in [-0.1, -0.05) is 48.7 Å². The molecule has 0 unspecified atom stereocenters. The second-order valence-corrected chi connectivity index (χ2v) is 4.65. The molecule has 0 aromatic heterocycles. The minimum Gasteiger partial charge on any atom is -0.456 e. The molecular formula is C14H10OS. The number of hydrogen-bond donors (Lipinski definition) is 0. The second-order valence-electron chi connectivity index (χ2n) is 3.57. The first-order valence-electron chi connectivity index (χ1n) is 5.07. The summed E-state index contributed by atoms with van der Waals surface area (Å²) in [6.45, 7) is 3.98. The van der Waals surface area contributed by atoms with Crippen molar-refractivity contribution in [3.05, 3.63) is 60.7 Å². The lowest BCUT2D eigenvalue weighted by Crippen LogP contribution is -1.92. The Hall–Kier alpha value is -1.67. The molecule has 1 heterocycles. The molecule has 0 fully saturated rings. The summed E-state index contributed by atoms with van der Waals surface area (Å²) < 4.78 is 5.77. The molecule has 0 saturated carbocycles. The molecule has 3 rings (SSSR count).